The summed E-state index contributed by atoms with van der Waals surface area (Å²) in [6.07, 6.45) is 5.42. The highest BCUT2D eigenvalue weighted by molar-refractivity contribution is 7.91. The molecule has 1 aliphatic heterocycles. The normalized spacial score (nSPS) is 25.4. The van der Waals surface area contributed by atoms with Crippen molar-refractivity contribution >= 4 is 9.84 Å². The molecule has 0 saturated carbocycles. The molecule has 0 spiro atoms. The molecule has 6 heteroatoms. The van der Waals surface area contributed by atoms with Gasteiger partial charge in [-0.1, -0.05) is 13.8 Å². The summed E-state index contributed by atoms with van der Waals surface area (Å²) in [5.74, 6) is 0.464. The highest BCUT2D eigenvalue weighted by Crippen LogP contribution is 2.34. The van der Waals surface area contributed by atoms with Gasteiger partial charge in [0.2, 0.25) is 0 Å². The van der Waals surface area contributed by atoms with Crippen LogP contribution < -0.4 is 5.73 Å². The van der Waals surface area contributed by atoms with Crippen molar-refractivity contribution < 1.29 is 8.42 Å². The Kier molecular flexibility index (Phi) is 4.54. The van der Waals surface area contributed by atoms with Gasteiger partial charge in [-0.25, -0.2) is 8.42 Å². The molecule has 1 aliphatic rings. The lowest BCUT2D eigenvalue weighted by Crippen LogP contribution is -2.34. The van der Waals surface area contributed by atoms with Crippen LogP contribution in [0.25, 0.3) is 0 Å². The molecule has 20 heavy (non-hydrogen) atoms. The van der Waals surface area contributed by atoms with E-state index in [1.165, 1.54) is 0 Å². The van der Waals surface area contributed by atoms with Gasteiger partial charge in [-0.05, 0) is 38.3 Å². The van der Waals surface area contributed by atoms with Gasteiger partial charge in [-0.2, -0.15) is 5.10 Å². The highest BCUT2D eigenvalue weighted by Gasteiger charge is 2.41. The highest BCUT2D eigenvalue weighted by atomic mass is 32.2. The number of nitrogens with zero attached hydrogens (tertiary/aromatic N) is 2. The summed E-state index contributed by atoms with van der Waals surface area (Å²) >= 11 is 0. The van der Waals surface area contributed by atoms with Crippen molar-refractivity contribution in [2.75, 3.05) is 18.1 Å². The number of rotatable bonds is 6. The summed E-state index contributed by atoms with van der Waals surface area (Å²) in [6, 6.07) is 2.42. The van der Waals surface area contributed by atoms with Crippen LogP contribution in [0.2, 0.25) is 0 Å². The zero-order valence-corrected chi connectivity index (χ0v) is 13.2. The second kappa shape index (κ2) is 5.85. The summed E-state index contributed by atoms with van der Waals surface area (Å²) in [5.41, 5.74) is 6.50. The quantitative estimate of drug-likeness (QED) is 0.864. The molecular formula is C14H25N3O2S. The first-order valence-electron chi connectivity index (χ1n) is 7.38. The molecule has 1 aromatic heterocycles. The molecule has 114 valence electrons. The van der Waals surface area contributed by atoms with Gasteiger partial charge in [-0.3, -0.25) is 4.68 Å². The van der Waals surface area contributed by atoms with E-state index >= 15 is 0 Å². The van der Waals surface area contributed by atoms with Crippen LogP contribution in [0, 0.1) is 5.41 Å². The van der Waals surface area contributed by atoms with Crippen molar-refractivity contribution in [2.24, 2.45) is 11.1 Å². The number of hydrogen-bond donors (Lipinski definition) is 1. The Morgan fingerprint density at radius 1 is 1.45 bits per heavy atom. The monoisotopic (exact) mass is 299 g/mol. The first kappa shape index (κ1) is 15.5. The van der Waals surface area contributed by atoms with E-state index in [2.05, 4.69) is 18.9 Å². The topological polar surface area (TPSA) is 78.0 Å². The predicted octanol–water partition coefficient (Wildman–Crippen LogP) is 1.55. The Labute approximate surface area is 121 Å². The fourth-order valence-corrected chi connectivity index (χ4v) is 5.26. The first-order chi connectivity index (χ1) is 9.43. The van der Waals surface area contributed by atoms with E-state index in [1.807, 2.05) is 16.9 Å². The molecule has 0 radical (unpaired) electrons. The van der Waals surface area contributed by atoms with Crippen molar-refractivity contribution in [3.05, 3.63) is 18.0 Å². The van der Waals surface area contributed by atoms with Crippen molar-refractivity contribution in [3.63, 3.8) is 0 Å². The summed E-state index contributed by atoms with van der Waals surface area (Å²) < 4.78 is 25.4. The summed E-state index contributed by atoms with van der Waals surface area (Å²) in [7, 11) is -2.92. The van der Waals surface area contributed by atoms with Crippen LogP contribution in [0.3, 0.4) is 0 Å². The molecule has 0 aliphatic carbocycles. The second-order valence-corrected chi connectivity index (χ2v) is 8.16. The largest absolute Gasteiger partial charge is 0.330 e. The van der Waals surface area contributed by atoms with E-state index in [-0.39, 0.29) is 16.9 Å². The molecule has 2 N–H and O–H groups in total. The lowest BCUT2D eigenvalue weighted by atomic mass is 9.83. The van der Waals surface area contributed by atoms with Crippen molar-refractivity contribution in [1.82, 2.24) is 9.78 Å². The van der Waals surface area contributed by atoms with Gasteiger partial charge in [-0.15, -0.1) is 0 Å². The summed E-state index contributed by atoms with van der Waals surface area (Å²) in [5, 5.41) is 4.62. The van der Waals surface area contributed by atoms with E-state index < -0.39 is 9.84 Å². The molecule has 2 heterocycles. The third-order valence-corrected chi connectivity index (χ3v) is 6.32. The molecule has 0 aromatic carbocycles. The molecule has 2 rings (SSSR count). The molecule has 0 amide bonds. The maximum atomic E-state index is 11.7. The minimum atomic E-state index is -2.92. The number of sulfone groups is 1. The lowest BCUT2D eigenvalue weighted by molar-refractivity contribution is 0.336. The van der Waals surface area contributed by atoms with E-state index in [0.717, 1.165) is 18.5 Å². The zero-order chi connectivity index (χ0) is 14.8. The number of aromatic nitrogens is 2. The lowest BCUT2D eigenvalue weighted by Gasteiger charge is -2.24. The maximum Gasteiger partial charge on any atom is 0.150 e. The maximum absolute atomic E-state index is 11.7. The Morgan fingerprint density at radius 3 is 2.65 bits per heavy atom. The fourth-order valence-electron chi connectivity index (χ4n) is 3.08. The van der Waals surface area contributed by atoms with Gasteiger partial charge >= 0.3 is 0 Å². The van der Waals surface area contributed by atoms with Gasteiger partial charge in [0.05, 0.1) is 23.2 Å². The number of nitrogens with two attached hydrogens (primary N) is 1. The minimum Gasteiger partial charge on any atom is -0.330 e. The molecular weight excluding hydrogens is 274 g/mol. The van der Waals surface area contributed by atoms with Crippen LogP contribution >= 0.6 is 0 Å². The molecule has 1 saturated heterocycles. The summed E-state index contributed by atoms with van der Waals surface area (Å²) in [4.78, 5) is 0. The zero-order valence-electron chi connectivity index (χ0n) is 12.4. The average molecular weight is 299 g/mol. The standard InChI is InChI=1S/C14H25N3O2S/c1-3-13(4-2)17-7-5-12(16-17)9-14(10-15)6-8-20(18,19)11-14/h5,7,13H,3-4,6,8-11,15H2,1-2H3. The van der Waals surface area contributed by atoms with Crippen LogP contribution in [-0.2, 0) is 16.3 Å². The minimum absolute atomic E-state index is 0.203. The van der Waals surface area contributed by atoms with Crippen LogP contribution in [-0.4, -0.2) is 36.2 Å². The van der Waals surface area contributed by atoms with E-state index in [4.69, 9.17) is 5.73 Å². The summed E-state index contributed by atoms with van der Waals surface area (Å²) in [6.45, 7) is 4.71. The molecule has 0 bridgehead atoms. The smallest absolute Gasteiger partial charge is 0.150 e. The van der Waals surface area contributed by atoms with E-state index in [0.29, 0.717) is 25.4 Å². The van der Waals surface area contributed by atoms with Gasteiger partial charge in [0.15, 0.2) is 9.84 Å². The third-order valence-electron chi connectivity index (χ3n) is 4.44. The third kappa shape index (κ3) is 3.23. The molecule has 1 atom stereocenters. The van der Waals surface area contributed by atoms with Crippen molar-refractivity contribution in [2.45, 2.75) is 45.6 Å². The predicted molar refractivity (Wildman–Crippen MR) is 80.3 cm³/mol. The average Bonchev–Trinajstić information content (AvgIpc) is 2.97. The van der Waals surface area contributed by atoms with Crippen LogP contribution in [0.1, 0.15) is 44.8 Å². The van der Waals surface area contributed by atoms with Crippen molar-refractivity contribution in [3.8, 4) is 0 Å². The Morgan fingerprint density at radius 2 is 2.15 bits per heavy atom. The van der Waals surface area contributed by atoms with Crippen molar-refractivity contribution in [1.29, 1.82) is 0 Å². The Balaban J connectivity index is 2.13. The Bertz CT molecular complexity index is 549. The second-order valence-electron chi connectivity index (χ2n) is 5.98. The molecule has 5 nitrogen and oxygen atoms in total. The SMILES string of the molecule is CCC(CC)n1ccc(CC2(CN)CCS(=O)(=O)C2)n1. The van der Waals surface area contributed by atoms with Gasteiger partial charge in [0.25, 0.3) is 0 Å². The molecule has 1 aromatic rings. The fraction of sp³-hybridized carbons (Fsp3) is 0.786. The van der Waals surface area contributed by atoms with Crippen LogP contribution in [0.5, 0.6) is 0 Å². The van der Waals surface area contributed by atoms with Crippen LogP contribution in [0.4, 0.5) is 0 Å². The van der Waals surface area contributed by atoms with Gasteiger partial charge < -0.3 is 5.73 Å². The van der Waals surface area contributed by atoms with Gasteiger partial charge in [0, 0.05) is 11.6 Å². The van der Waals surface area contributed by atoms with Gasteiger partial charge in [0.1, 0.15) is 0 Å². The van der Waals surface area contributed by atoms with E-state index in [9.17, 15) is 8.42 Å². The number of hydrogen-bond acceptors (Lipinski definition) is 4. The first-order valence-corrected chi connectivity index (χ1v) is 9.20. The Hall–Kier alpha value is -0.880. The van der Waals surface area contributed by atoms with E-state index in [1.54, 1.807) is 0 Å². The molecule has 1 unspecified atom stereocenters. The van der Waals surface area contributed by atoms with Crippen LogP contribution in [0.15, 0.2) is 12.3 Å². The molecule has 1 fully saturated rings.